The van der Waals surface area contributed by atoms with Crippen molar-refractivity contribution in [3.05, 3.63) is 29.3 Å². The van der Waals surface area contributed by atoms with Gasteiger partial charge >= 0.3 is 6.03 Å². The first-order valence-electron chi connectivity index (χ1n) is 6.39. The predicted molar refractivity (Wildman–Crippen MR) is 74.0 cm³/mol. The summed E-state index contributed by atoms with van der Waals surface area (Å²) in [5.41, 5.74) is 6.43. The van der Waals surface area contributed by atoms with Gasteiger partial charge < -0.3 is 15.8 Å². The second-order valence-corrected chi connectivity index (χ2v) is 5.30. The third kappa shape index (κ3) is 2.46. The molecule has 0 saturated carbocycles. The Hall–Kier alpha value is -2.08. The molecule has 0 radical (unpaired) electrons. The van der Waals surface area contributed by atoms with Gasteiger partial charge in [0.25, 0.3) is 5.91 Å². The molecular weight excluding hydrogens is 258 g/mol. The van der Waals surface area contributed by atoms with Crippen LogP contribution in [0.25, 0.3) is 0 Å². The van der Waals surface area contributed by atoms with Crippen LogP contribution in [0, 0.1) is 0 Å². The molecule has 3 N–H and O–H groups in total. The number of benzene rings is 1. The Labute approximate surface area is 117 Å². The van der Waals surface area contributed by atoms with E-state index < -0.39 is 5.54 Å². The van der Waals surface area contributed by atoms with Gasteiger partial charge in [0.2, 0.25) is 0 Å². The van der Waals surface area contributed by atoms with E-state index in [1.165, 1.54) is 4.90 Å². The Bertz CT molecular complexity index is 555. The zero-order chi connectivity index (χ0) is 14.9. The molecule has 0 spiro atoms. The maximum Gasteiger partial charge on any atom is 0.325 e. The van der Waals surface area contributed by atoms with Crippen molar-refractivity contribution in [1.29, 1.82) is 0 Å². The quantitative estimate of drug-likeness (QED) is 0.804. The largest absolute Gasteiger partial charge is 0.496 e. The minimum atomic E-state index is -0.865. The Balaban J connectivity index is 2.30. The molecule has 0 unspecified atom stereocenters. The summed E-state index contributed by atoms with van der Waals surface area (Å²) in [6, 6.07) is 5.12. The molecule has 0 bridgehead atoms. The van der Waals surface area contributed by atoms with E-state index in [-0.39, 0.29) is 18.5 Å². The summed E-state index contributed by atoms with van der Waals surface area (Å²) >= 11 is 0. The molecule has 1 saturated heterocycles. The van der Waals surface area contributed by atoms with Crippen LogP contribution in [0.3, 0.4) is 0 Å². The standard InChI is InChI=1S/C14H19N3O3/c1-14(2)12(18)17(13(19)16-14)8-10-6-9(7-15)4-5-11(10)20-3/h4-6H,7-8,15H2,1-3H3,(H,16,19). The van der Waals surface area contributed by atoms with Crippen LogP contribution in [0.5, 0.6) is 5.75 Å². The van der Waals surface area contributed by atoms with Crippen LogP contribution in [0.15, 0.2) is 18.2 Å². The summed E-state index contributed by atoms with van der Waals surface area (Å²) in [6.45, 7) is 3.93. The highest BCUT2D eigenvalue weighted by Crippen LogP contribution is 2.25. The number of hydrogen-bond acceptors (Lipinski definition) is 4. The first-order valence-corrected chi connectivity index (χ1v) is 6.39. The molecule has 1 heterocycles. The number of carbonyl (C=O) groups excluding carboxylic acids is 2. The third-order valence-corrected chi connectivity index (χ3v) is 3.35. The Morgan fingerprint density at radius 3 is 2.55 bits per heavy atom. The number of imide groups is 1. The minimum Gasteiger partial charge on any atom is -0.496 e. The average Bonchev–Trinajstić information content (AvgIpc) is 2.60. The lowest BCUT2D eigenvalue weighted by Crippen LogP contribution is -2.40. The van der Waals surface area contributed by atoms with Crippen LogP contribution in [0.1, 0.15) is 25.0 Å². The van der Waals surface area contributed by atoms with E-state index in [0.717, 1.165) is 11.1 Å². The van der Waals surface area contributed by atoms with Crippen molar-refractivity contribution in [3.63, 3.8) is 0 Å². The lowest BCUT2D eigenvalue weighted by molar-refractivity contribution is -0.130. The fraction of sp³-hybridized carbons (Fsp3) is 0.429. The second kappa shape index (κ2) is 5.13. The highest BCUT2D eigenvalue weighted by molar-refractivity contribution is 6.06. The number of urea groups is 1. The molecular formula is C14H19N3O3. The highest BCUT2D eigenvalue weighted by Gasteiger charge is 2.44. The smallest absolute Gasteiger partial charge is 0.325 e. The van der Waals surface area contributed by atoms with E-state index in [2.05, 4.69) is 5.32 Å². The van der Waals surface area contributed by atoms with Gasteiger partial charge in [-0.25, -0.2) is 4.79 Å². The van der Waals surface area contributed by atoms with E-state index in [4.69, 9.17) is 10.5 Å². The van der Waals surface area contributed by atoms with Gasteiger partial charge in [0.15, 0.2) is 0 Å². The molecule has 1 aliphatic rings. The van der Waals surface area contributed by atoms with Crippen LogP contribution in [-0.2, 0) is 17.9 Å². The fourth-order valence-electron chi connectivity index (χ4n) is 2.21. The minimum absolute atomic E-state index is 0.172. The molecule has 20 heavy (non-hydrogen) atoms. The molecule has 0 aliphatic carbocycles. The molecule has 0 atom stereocenters. The van der Waals surface area contributed by atoms with Gasteiger partial charge in [0.1, 0.15) is 11.3 Å². The Morgan fingerprint density at radius 1 is 1.35 bits per heavy atom. The summed E-state index contributed by atoms with van der Waals surface area (Å²) < 4.78 is 5.27. The number of hydrogen-bond donors (Lipinski definition) is 2. The molecule has 1 aliphatic heterocycles. The number of amides is 3. The topological polar surface area (TPSA) is 84.7 Å². The van der Waals surface area contributed by atoms with Crippen LogP contribution < -0.4 is 15.8 Å². The molecule has 3 amide bonds. The van der Waals surface area contributed by atoms with Crippen molar-refractivity contribution < 1.29 is 14.3 Å². The maximum atomic E-state index is 12.2. The highest BCUT2D eigenvalue weighted by atomic mass is 16.5. The van der Waals surface area contributed by atoms with Gasteiger partial charge in [-0.15, -0.1) is 0 Å². The number of rotatable bonds is 4. The van der Waals surface area contributed by atoms with E-state index in [9.17, 15) is 9.59 Å². The zero-order valence-electron chi connectivity index (χ0n) is 11.9. The monoisotopic (exact) mass is 277 g/mol. The number of methoxy groups -OCH3 is 1. The van der Waals surface area contributed by atoms with Gasteiger partial charge in [0.05, 0.1) is 13.7 Å². The van der Waals surface area contributed by atoms with Gasteiger partial charge in [-0.1, -0.05) is 6.07 Å². The van der Waals surface area contributed by atoms with E-state index in [1.54, 1.807) is 27.0 Å². The maximum absolute atomic E-state index is 12.2. The summed E-state index contributed by atoms with van der Waals surface area (Å²) in [7, 11) is 1.55. The van der Waals surface area contributed by atoms with E-state index in [1.807, 2.05) is 12.1 Å². The SMILES string of the molecule is COc1ccc(CN)cc1CN1C(=O)NC(C)(C)C1=O. The summed E-state index contributed by atoms with van der Waals surface area (Å²) in [5.74, 6) is 0.384. The van der Waals surface area contributed by atoms with Crippen LogP contribution >= 0.6 is 0 Å². The van der Waals surface area contributed by atoms with Gasteiger partial charge in [0, 0.05) is 12.1 Å². The van der Waals surface area contributed by atoms with Gasteiger partial charge in [-0.05, 0) is 31.5 Å². The number of nitrogens with one attached hydrogen (secondary N) is 1. The lowest BCUT2D eigenvalue weighted by Gasteiger charge is -2.18. The van der Waals surface area contributed by atoms with Crippen LogP contribution in [0.2, 0.25) is 0 Å². The first-order chi connectivity index (χ1) is 9.39. The number of carbonyl (C=O) groups is 2. The molecule has 6 nitrogen and oxygen atoms in total. The van der Waals surface area contributed by atoms with Gasteiger partial charge in [-0.2, -0.15) is 0 Å². The fourth-order valence-corrected chi connectivity index (χ4v) is 2.21. The molecule has 0 aromatic heterocycles. The zero-order valence-corrected chi connectivity index (χ0v) is 11.9. The van der Waals surface area contributed by atoms with Crippen LogP contribution in [-0.4, -0.2) is 29.5 Å². The normalized spacial score (nSPS) is 17.3. The molecule has 1 aromatic carbocycles. The average molecular weight is 277 g/mol. The Kier molecular flexibility index (Phi) is 3.67. The van der Waals surface area contributed by atoms with Crippen LogP contribution in [0.4, 0.5) is 4.79 Å². The number of ether oxygens (including phenoxy) is 1. The molecule has 1 fully saturated rings. The third-order valence-electron chi connectivity index (χ3n) is 3.35. The molecule has 108 valence electrons. The van der Waals surface area contributed by atoms with Crippen molar-refractivity contribution in [3.8, 4) is 5.75 Å². The van der Waals surface area contributed by atoms with Gasteiger partial charge in [-0.3, -0.25) is 9.69 Å². The Morgan fingerprint density at radius 2 is 2.05 bits per heavy atom. The van der Waals surface area contributed by atoms with Crippen molar-refractivity contribution >= 4 is 11.9 Å². The summed E-state index contributed by atoms with van der Waals surface area (Å²) in [6.07, 6.45) is 0. The number of nitrogens with two attached hydrogens (primary N) is 1. The predicted octanol–water partition coefficient (Wildman–Crippen LogP) is 0.984. The van der Waals surface area contributed by atoms with E-state index >= 15 is 0 Å². The van der Waals surface area contributed by atoms with E-state index in [0.29, 0.717) is 12.3 Å². The molecule has 2 rings (SSSR count). The van der Waals surface area contributed by atoms with Crippen molar-refractivity contribution in [2.45, 2.75) is 32.5 Å². The molecule has 1 aromatic rings. The van der Waals surface area contributed by atoms with Crippen molar-refractivity contribution in [2.24, 2.45) is 5.73 Å². The first kappa shape index (κ1) is 14.3. The van der Waals surface area contributed by atoms with Crippen molar-refractivity contribution in [2.75, 3.05) is 7.11 Å². The van der Waals surface area contributed by atoms with Crippen molar-refractivity contribution in [1.82, 2.24) is 10.2 Å². The lowest BCUT2D eigenvalue weighted by atomic mass is 10.1. The number of nitrogens with zero attached hydrogens (tertiary/aromatic N) is 1. The summed E-state index contributed by atoms with van der Waals surface area (Å²) in [4.78, 5) is 25.3. The summed E-state index contributed by atoms with van der Waals surface area (Å²) in [5, 5.41) is 2.65. The second-order valence-electron chi connectivity index (χ2n) is 5.30. The molecule has 6 heteroatoms.